The van der Waals surface area contributed by atoms with Crippen LogP contribution >= 0.6 is 0 Å². The van der Waals surface area contributed by atoms with Gasteiger partial charge in [-0.15, -0.1) is 5.12 Å². The van der Waals surface area contributed by atoms with Crippen molar-refractivity contribution >= 4 is 11.4 Å². The second-order valence-corrected chi connectivity index (χ2v) is 3.47. The molecule has 1 aliphatic rings. The zero-order chi connectivity index (χ0) is 9.97. The van der Waals surface area contributed by atoms with Crippen molar-refractivity contribution in [2.24, 2.45) is 0 Å². The first kappa shape index (κ1) is 9.34. The molecule has 2 rings (SSSR count). The van der Waals surface area contributed by atoms with E-state index in [4.69, 9.17) is 0 Å². The highest BCUT2D eigenvalue weighted by Crippen LogP contribution is 2.32. The summed E-state index contributed by atoms with van der Waals surface area (Å²) in [6.07, 6.45) is 1.15. The number of hydrazine groups is 2. The molecule has 3 nitrogen and oxygen atoms in total. The number of rotatable bonds is 3. The molecular weight excluding hydrogens is 174 g/mol. The molecule has 14 heavy (non-hydrogen) atoms. The second-order valence-electron chi connectivity index (χ2n) is 3.47. The lowest BCUT2D eigenvalue weighted by Crippen LogP contribution is -2.41. The van der Waals surface area contributed by atoms with Crippen molar-refractivity contribution in [3.8, 4) is 0 Å². The lowest BCUT2D eigenvalue weighted by Gasteiger charge is -2.27. The average Bonchev–Trinajstić information content (AvgIpc) is 2.55. The Morgan fingerprint density at radius 1 is 1.21 bits per heavy atom. The van der Waals surface area contributed by atoms with E-state index in [1.165, 1.54) is 11.4 Å². The van der Waals surface area contributed by atoms with Gasteiger partial charge in [-0.1, -0.05) is 19.1 Å². The largest absolute Gasteiger partial charge is 0.299 e. The highest BCUT2D eigenvalue weighted by molar-refractivity contribution is 5.72. The third-order valence-corrected chi connectivity index (χ3v) is 2.46. The summed E-state index contributed by atoms with van der Waals surface area (Å²) in [5, 5.41) is 4.46. The monoisotopic (exact) mass is 191 g/mol. The van der Waals surface area contributed by atoms with E-state index in [9.17, 15) is 0 Å². The van der Waals surface area contributed by atoms with Crippen LogP contribution in [0.3, 0.4) is 0 Å². The van der Waals surface area contributed by atoms with Gasteiger partial charge in [0.2, 0.25) is 0 Å². The molecule has 76 valence electrons. The van der Waals surface area contributed by atoms with E-state index < -0.39 is 0 Å². The van der Waals surface area contributed by atoms with Crippen molar-refractivity contribution in [1.29, 1.82) is 0 Å². The van der Waals surface area contributed by atoms with E-state index in [2.05, 4.69) is 53.7 Å². The number of anilines is 2. The Kier molecular flexibility index (Phi) is 2.59. The second kappa shape index (κ2) is 3.88. The summed E-state index contributed by atoms with van der Waals surface area (Å²) in [5.74, 6) is 0. The van der Waals surface area contributed by atoms with Crippen LogP contribution in [0.25, 0.3) is 0 Å². The summed E-state index contributed by atoms with van der Waals surface area (Å²) in [4.78, 5) is 0. The van der Waals surface area contributed by atoms with Crippen LogP contribution in [0, 0.1) is 0 Å². The number of hydrogen-bond acceptors (Lipinski definition) is 3. The molecular formula is C11H17N3. The molecule has 0 aliphatic carbocycles. The van der Waals surface area contributed by atoms with Crippen molar-refractivity contribution in [3.63, 3.8) is 0 Å². The molecule has 0 fully saturated rings. The maximum atomic E-state index is 3.40. The van der Waals surface area contributed by atoms with Crippen LogP contribution in [0.1, 0.15) is 20.3 Å². The van der Waals surface area contributed by atoms with Gasteiger partial charge >= 0.3 is 0 Å². The van der Waals surface area contributed by atoms with Gasteiger partial charge in [0.05, 0.1) is 11.4 Å². The third kappa shape index (κ3) is 1.44. The van der Waals surface area contributed by atoms with Crippen LogP contribution < -0.4 is 10.4 Å². The first-order valence-corrected chi connectivity index (χ1v) is 5.27. The zero-order valence-electron chi connectivity index (χ0n) is 8.83. The standard InChI is InChI=1S/C11H17N3/c1-3-9-14-12-10-7-5-6-8-11(10)13(14)4-2/h5-8,12H,3-4,9H2,1-2H3. The molecule has 0 saturated heterocycles. The lowest BCUT2D eigenvalue weighted by molar-refractivity contribution is 0.322. The van der Waals surface area contributed by atoms with Crippen LogP contribution in [-0.2, 0) is 0 Å². The first-order valence-electron chi connectivity index (χ1n) is 5.27. The molecule has 0 bridgehead atoms. The van der Waals surface area contributed by atoms with Gasteiger partial charge in [-0.05, 0) is 25.5 Å². The molecule has 0 radical (unpaired) electrons. The van der Waals surface area contributed by atoms with Gasteiger partial charge < -0.3 is 0 Å². The van der Waals surface area contributed by atoms with E-state index in [1.807, 2.05) is 0 Å². The summed E-state index contributed by atoms with van der Waals surface area (Å²) in [7, 11) is 0. The highest BCUT2D eigenvalue weighted by Gasteiger charge is 2.23. The SMILES string of the molecule is CCCN1Nc2ccccc2N1CC. The van der Waals surface area contributed by atoms with Crippen molar-refractivity contribution in [2.45, 2.75) is 20.3 Å². The fourth-order valence-corrected chi connectivity index (χ4v) is 1.85. The molecule has 0 saturated carbocycles. The first-order chi connectivity index (χ1) is 6.86. The van der Waals surface area contributed by atoms with E-state index in [-0.39, 0.29) is 0 Å². The van der Waals surface area contributed by atoms with Crippen LogP contribution in [0.5, 0.6) is 0 Å². The Morgan fingerprint density at radius 3 is 2.71 bits per heavy atom. The molecule has 0 spiro atoms. The van der Waals surface area contributed by atoms with Gasteiger partial charge in [0.15, 0.2) is 0 Å². The van der Waals surface area contributed by atoms with Crippen LogP contribution in [0.15, 0.2) is 24.3 Å². The van der Waals surface area contributed by atoms with E-state index in [1.54, 1.807) is 0 Å². The van der Waals surface area contributed by atoms with Crippen molar-refractivity contribution in [2.75, 3.05) is 23.5 Å². The van der Waals surface area contributed by atoms with E-state index in [0.717, 1.165) is 19.5 Å². The van der Waals surface area contributed by atoms with Crippen molar-refractivity contribution in [1.82, 2.24) is 5.12 Å². The lowest BCUT2D eigenvalue weighted by atomic mass is 10.3. The Morgan fingerprint density at radius 2 is 2.00 bits per heavy atom. The van der Waals surface area contributed by atoms with Crippen LogP contribution in [0.4, 0.5) is 11.4 Å². The average molecular weight is 191 g/mol. The normalized spacial score (nSPS) is 15.4. The summed E-state index contributed by atoms with van der Waals surface area (Å²) in [6.45, 7) is 6.41. The Bertz CT molecular complexity index is 311. The topological polar surface area (TPSA) is 18.5 Å². The molecule has 0 aromatic heterocycles. The van der Waals surface area contributed by atoms with Gasteiger partial charge in [-0.3, -0.25) is 10.4 Å². The van der Waals surface area contributed by atoms with Crippen molar-refractivity contribution < 1.29 is 0 Å². The smallest absolute Gasteiger partial charge is 0.0785 e. The predicted molar refractivity (Wildman–Crippen MR) is 60.1 cm³/mol. The molecule has 1 aromatic rings. The third-order valence-electron chi connectivity index (χ3n) is 2.46. The molecule has 0 amide bonds. The molecule has 3 heteroatoms. The van der Waals surface area contributed by atoms with Gasteiger partial charge in [0.25, 0.3) is 0 Å². The number of para-hydroxylation sites is 2. The molecule has 1 heterocycles. The highest BCUT2D eigenvalue weighted by atomic mass is 15.8. The van der Waals surface area contributed by atoms with Crippen LogP contribution in [-0.4, -0.2) is 18.2 Å². The molecule has 1 N–H and O–H groups in total. The minimum atomic E-state index is 1.00. The minimum Gasteiger partial charge on any atom is -0.299 e. The van der Waals surface area contributed by atoms with Crippen molar-refractivity contribution in [3.05, 3.63) is 24.3 Å². The quantitative estimate of drug-likeness (QED) is 0.791. The molecule has 0 atom stereocenters. The summed E-state index contributed by atoms with van der Waals surface area (Å²) < 4.78 is 0. The number of benzene rings is 1. The maximum Gasteiger partial charge on any atom is 0.0785 e. The summed E-state index contributed by atoms with van der Waals surface area (Å²) in [6, 6.07) is 8.42. The minimum absolute atomic E-state index is 1.00. The van der Waals surface area contributed by atoms with Gasteiger partial charge in [0.1, 0.15) is 0 Å². The Hall–Kier alpha value is -1.22. The van der Waals surface area contributed by atoms with E-state index in [0.29, 0.717) is 0 Å². The number of nitrogens with one attached hydrogen (secondary N) is 1. The summed E-state index contributed by atoms with van der Waals surface area (Å²) >= 11 is 0. The maximum absolute atomic E-state index is 3.40. The molecule has 0 unspecified atom stereocenters. The van der Waals surface area contributed by atoms with Crippen LogP contribution in [0.2, 0.25) is 0 Å². The van der Waals surface area contributed by atoms with Gasteiger partial charge in [0, 0.05) is 13.1 Å². The summed E-state index contributed by atoms with van der Waals surface area (Å²) in [5.41, 5.74) is 5.89. The van der Waals surface area contributed by atoms with E-state index >= 15 is 0 Å². The number of fused-ring (bicyclic) bond motifs is 1. The number of hydrogen-bond donors (Lipinski definition) is 1. The fraction of sp³-hybridized carbons (Fsp3) is 0.455. The number of nitrogens with zero attached hydrogens (tertiary/aromatic N) is 2. The predicted octanol–water partition coefficient (Wildman–Crippen LogP) is 2.48. The van der Waals surface area contributed by atoms with Gasteiger partial charge in [-0.2, -0.15) is 0 Å². The molecule has 1 aliphatic heterocycles. The Balaban J connectivity index is 2.24. The Labute approximate surface area is 85.3 Å². The zero-order valence-corrected chi connectivity index (χ0v) is 8.83. The molecule has 1 aromatic carbocycles. The van der Waals surface area contributed by atoms with Gasteiger partial charge in [-0.25, -0.2) is 0 Å². The fourth-order valence-electron chi connectivity index (χ4n) is 1.85.